The molecule has 1 N–H and O–H groups in total. The summed E-state index contributed by atoms with van der Waals surface area (Å²) in [6.07, 6.45) is 0. The van der Waals surface area contributed by atoms with E-state index in [4.69, 9.17) is 0 Å². The maximum absolute atomic E-state index is 11.6. The Bertz CT molecular complexity index is 732. The van der Waals surface area contributed by atoms with E-state index >= 15 is 0 Å². The van der Waals surface area contributed by atoms with Crippen LogP contribution < -0.4 is 4.90 Å². The number of hydrogen-bond acceptors (Lipinski definition) is 5. The number of aromatic carboxylic acids is 1. The average Bonchev–Trinajstić information content (AvgIpc) is 2.96. The molecule has 1 saturated heterocycles. The third kappa shape index (κ3) is 2.92. The van der Waals surface area contributed by atoms with Crippen LogP contribution in [0.3, 0.4) is 0 Å². The van der Waals surface area contributed by atoms with E-state index < -0.39 is 5.97 Å². The number of hydrogen-bond donors (Lipinski definition) is 1. The number of carboxylic acid groups (broad SMARTS) is 1. The molecule has 7 nitrogen and oxygen atoms in total. The van der Waals surface area contributed by atoms with Crippen LogP contribution in [0.15, 0.2) is 18.2 Å². The van der Waals surface area contributed by atoms with Gasteiger partial charge in [-0.2, -0.15) is 0 Å². The molecule has 122 valence electrons. The zero-order valence-corrected chi connectivity index (χ0v) is 13.7. The van der Waals surface area contributed by atoms with Crippen molar-refractivity contribution in [3.8, 4) is 5.69 Å². The van der Waals surface area contributed by atoms with Crippen molar-refractivity contribution in [3.63, 3.8) is 0 Å². The molecule has 0 radical (unpaired) electrons. The summed E-state index contributed by atoms with van der Waals surface area (Å²) in [4.78, 5) is 17.2. The van der Waals surface area contributed by atoms with E-state index in [0.717, 1.165) is 43.0 Å². The van der Waals surface area contributed by atoms with E-state index in [1.165, 1.54) is 4.80 Å². The van der Waals surface area contributed by atoms with Crippen molar-refractivity contribution in [2.75, 3.05) is 38.1 Å². The van der Waals surface area contributed by atoms with Gasteiger partial charge in [-0.05, 0) is 38.1 Å². The van der Waals surface area contributed by atoms with E-state index in [-0.39, 0.29) is 5.69 Å². The number of carboxylic acids is 1. The lowest BCUT2D eigenvalue weighted by molar-refractivity contribution is 0.0690. The largest absolute Gasteiger partial charge is 0.476 e. The number of piperazine rings is 1. The lowest BCUT2D eigenvalue weighted by Crippen LogP contribution is -2.45. The Hall–Kier alpha value is -2.41. The Kier molecular flexibility index (Phi) is 4.04. The van der Waals surface area contributed by atoms with Gasteiger partial charge >= 0.3 is 5.97 Å². The van der Waals surface area contributed by atoms with E-state index in [1.807, 2.05) is 36.9 Å². The van der Waals surface area contributed by atoms with Crippen molar-refractivity contribution in [1.29, 1.82) is 0 Å². The minimum absolute atomic E-state index is 0.00968. The maximum atomic E-state index is 11.6. The molecule has 0 spiro atoms. The highest BCUT2D eigenvalue weighted by Crippen LogP contribution is 2.22. The highest BCUT2D eigenvalue weighted by Gasteiger charge is 2.26. The number of anilines is 1. The average molecular weight is 315 g/mol. The number of likely N-dealkylation sites (N-methyl/N-ethyl adjacent to an activating group) is 1. The van der Waals surface area contributed by atoms with Crippen LogP contribution in [0.1, 0.15) is 21.6 Å². The second-order valence-electron chi connectivity index (χ2n) is 5.98. The molecular weight excluding hydrogens is 294 g/mol. The van der Waals surface area contributed by atoms with Crippen LogP contribution in [0.25, 0.3) is 5.69 Å². The molecule has 1 aromatic heterocycles. The van der Waals surface area contributed by atoms with Crippen LogP contribution in [0.5, 0.6) is 0 Å². The molecule has 23 heavy (non-hydrogen) atoms. The SMILES string of the molecule is Cc1cccc(-n2nc(C(=O)O)c(N3CCN(C)CC3)n2)c1C. The van der Waals surface area contributed by atoms with Gasteiger partial charge in [0, 0.05) is 26.2 Å². The summed E-state index contributed by atoms with van der Waals surface area (Å²) in [6.45, 7) is 7.28. The second kappa shape index (κ2) is 6.00. The molecule has 1 fully saturated rings. The van der Waals surface area contributed by atoms with Crippen LogP contribution >= 0.6 is 0 Å². The van der Waals surface area contributed by atoms with Crippen molar-refractivity contribution < 1.29 is 9.90 Å². The van der Waals surface area contributed by atoms with Crippen LogP contribution in [-0.4, -0.2) is 64.2 Å². The molecule has 3 rings (SSSR count). The van der Waals surface area contributed by atoms with E-state index in [9.17, 15) is 9.90 Å². The summed E-state index contributed by atoms with van der Waals surface area (Å²) in [5.41, 5.74) is 2.99. The highest BCUT2D eigenvalue weighted by atomic mass is 16.4. The monoisotopic (exact) mass is 315 g/mol. The standard InChI is InChI=1S/C16H21N5O2/c1-11-5-4-6-13(12(11)2)21-17-14(16(22)23)15(18-21)20-9-7-19(3)8-10-20/h4-6H,7-10H2,1-3H3,(H,22,23). The first kappa shape index (κ1) is 15.5. The van der Waals surface area contributed by atoms with Crippen LogP contribution in [0, 0.1) is 13.8 Å². The molecule has 0 unspecified atom stereocenters. The predicted octanol–water partition coefficient (Wildman–Crippen LogP) is 1.33. The zero-order chi connectivity index (χ0) is 16.6. The summed E-state index contributed by atoms with van der Waals surface area (Å²) in [5, 5.41) is 18.2. The molecule has 7 heteroatoms. The van der Waals surface area contributed by atoms with Gasteiger partial charge in [-0.1, -0.05) is 12.1 Å². The van der Waals surface area contributed by atoms with E-state index in [0.29, 0.717) is 5.82 Å². The molecule has 2 aromatic rings. The van der Waals surface area contributed by atoms with Crippen molar-refractivity contribution in [3.05, 3.63) is 35.0 Å². The van der Waals surface area contributed by atoms with Crippen molar-refractivity contribution in [2.45, 2.75) is 13.8 Å². The molecule has 2 heterocycles. The zero-order valence-electron chi connectivity index (χ0n) is 13.7. The first-order valence-corrected chi connectivity index (χ1v) is 7.68. The lowest BCUT2D eigenvalue weighted by Gasteiger charge is -2.32. The minimum Gasteiger partial charge on any atom is -0.476 e. The fourth-order valence-electron chi connectivity index (χ4n) is 2.73. The highest BCUT2D eigenvalue weighted by molar-refractivity contribution is 5.91. The van der Waals surface area contributed by atoms with Gasteiger partial charge in [0.1, 0.15) is 0 Å². The van der Waals surface area contributed by atoms with Crippen LogP contribution in [0.4, 0.5) is 5.82 Å². The lowest BCUT2D eigenvalue weighted by atomic mass is 10.1. The number of benzene rings is 1. The summed E-state index contributed by atoms with van der Waals surface area (Å²) < 4.78 is 0. The van der Waals surface area contributed by atoms with E-state index in [2.05, 4.69) is 22.1 Å². The molecule has 1 aromatic carbocycles. The van der Waals surface area contributed by atoms with Gasteiger partial charge < -0.3 is 14.9 Å². The second-order valence-corrected chi connectivity index (χ2v) is 5.98. The Morgan fingerprint density at radius 1 is 1.13 bits per heavy atom. The van der Waals surface area contributed by atoms with Gasteiger partial charge in [0.2, 0.25) is 5.69 Å². The Balaban J connectivity index is 2.02. The molecule has 0 aliphatic carbocycles. The normalized spacial score (nSPS) is 15.9. The number of aryl methyl sites for hydroxylation is 1. The van der Waals surface area contributed by atoms with E-state index in [1.54, 1.807) is 0 Å². The minimum atomic E-state index is -1.05. The van der Waals surface area contributed by atoms with Crippen molar-refractivity contribution in [2.24, 2.45) is 0 Å². The Morgan fingerprint density at radius 2 is 1.83 bits per heavy atom. The van der Waals surface area contributed by atoms with Crippen molar-refractivity contribution in [1.82, 2.24) is 19.9 Å². The van der Waals surface area contributed by atoms with Crippen molar-refractivity contribution >= 4 is 11.8 Å². The fourth-order valence-corrected chi connectivity index (χ4v) is 2.73. The smallest absolute Gasteiger partial charge is 0.360 e. The summed E-state index contributed by atoms with van der Waals surface area (Å²) in [7, 11) is 2.06. The Morgan fingerprint density at radius 3 is 2.48 bits per heavy atom. The molecule has 0 atom stereocenters. The van der Waals surface area contributed by atoms with Gasteiger partial charge in [-0.15, -0.1) is 15.0 Å². The Labute approximate surface area is 135 Å². The van der Waals surface area contributed by atoms with Gasteiger partial charge in [-0.25, -0.2) is 4.79 Å². The van der Waals surface area contributed by atoms with Gasteiger partial charge in [0.15, 0.2) is 5.82 Å². The van der Waals surface area contributed by atoms with Crippen LogP contribution in [-0.2, 0) is 0 Å². The maximum Gasteiger partial charge on any atom is 0.360 e. The molecule has 1 aliphatic rings. The first-order chi connectivity index (χ1) is 11.0. The first-order valence-electron chi connectivity index (χ1n) is 7.68. The topological polar surface area (TPSA) is 74.5 Å². The summed E-state index contributed by atoms with van der Waals surface area (Å²) in [5.74, 6) is -0.595. The molecule has 1 aliphatic heterocycles. The molecule has 0 saturated carbocycles. The number of nitrogens with zero attached hydrogens (tertiary/aromatic N) is 5. The number of aromatic nitrogens is 3. The molecule has 0 bridgehead atoms. The summed E-state index contributed by atoms with van der Waals surface area (Å²) in [6, 6.07) is 5.85. The van der Waals surface area contributed by atoms with Gasteiger partial charge in [0.05, 0.1) is 5.69 Å². The summed E-state index contributed by atoms with van der Waals surface area (Å²) >= 11 is 0. The molecular formula is C16H21N5O2. The third-order valence-corrected chi connectivity index (χ3v) is 4.39. The van der Waals surface area contributed by atoms with Gasteiger partial charge in [0.25, 0.3) is 0 Å². The third-order valence-electron chi connectivity index (χ3n) is 4.39. The predicted molar refractivity (Wildman–Crippen MR) is 87.5 cm³/mol. The van der Waals surface area contributed by atoms with Gasteiger partial charge in [-0.3, -0.25) is 0 Å². The quantitative estimate of drug-likeness (QED) is 0.921. The van der Waals surface area contributed by atoms with Crippen LogP contribution in [0.2, 0.25) is 0 Å². The number of carbonyl (C=O) groups is 1. The fraction of sp³-hybridized carbons (Fsp3) is 0.438. The molecule has 0 amide bonds. The number of rotatable bonds is 3.